The molecule has 0 saturated heterocycles. The van der Waals surface area contributed by atoms with Gasteiger partial charge in [0.15, 0.2) is 0 Å². The second kappa shape index (κ2) is 6.74. The molecule has 4 nitrogen and oxygen atoms in total. The van der Waals surface area contributed by atoms with Gasteiger partial charge in [0, 0.05) is 11.8 Å². The molecule has 0 saturated carbocycles. The van der Waals surface area contributed by atoms with Crippen LogP contribution in [0.5, 0.6) is 0 Å². The van der Waals surface area contributed by atoms with E-state index in [0.717, 1.165) is 5.56 Å². The van der Waals surface area contributed by atoms with E-state index < -0.39 is 17.4 Å². The van der Waals surface area contributed by atoms with Gasteiger partial charge in [0.25, 0.3) is 0 Å². The summed E-state index contributed by atoms with van der Waals surface area (Å²) in [5, 5.41) is 11.9. The van der Waals surface area contributed by atoms with Crippen LogP contribution in [-0.4, -0.2) is 23.0 Å². The molecule has 0 bridgehead atoms. The molecule has 0 radical (unpaired) electrons. The second-order valence-corrected chi connectivity index (χ2v) is 6.71. The highest BCUT2D eigenvalue weighted by Crippen LogP contribution is 2.17. The Morgan fingerprint density at radius 1 is 1.14 bits per heavy atom. The van der Waals surface area contributed by atoms with E-state index in [1.807, 2.05) is 24.3 Å². The zero-order chi connectivity index (χ0) is 16.2. The minimum Gasteiger partial charge on any atom is -0.480 e. The zero-order valence-corrected chi connectivity index (χ0v) is 13.4. The maximum Gasteiger partial charge on any atom is 0.326 e. The first-order valence-electron chi connectivity index (χ1n) is 7.24. The summed E-state index contributed by atoms with van der Waals surface area (Å²) in [5.74, 6) is -0.829. The number of benzene rings is 1. The van der Waals surface area contributed by atoms with Gasteiger partial charge in [-0.1, -0.05) is 58.9 Å². The topological polar surface area (TPSA) is 66.4 Å². The van der Waals surface area contributed by atoms with Crippen molar-refractivity contribution < 1.29 is 14.7 Å². The highest BCUT2D eigenvalue weighted by atomic mass is 16.4. The van der Waals surface area contributed by atoms with Gasteiger partial charge in [0.05, 0.1) is 0 Å². The van der Waals surface area contributed by atoms with E-state index >= 15 is 0 Å². The fourth-order valence-corrected chi connectivity index (χ4v) is 1.85. The Hall–Kier alpha value is -1.84. The van der Waals surface area contributed by atoms with Gasteiger partial charge >= 0.3 is 5.97 Å². The van der Waals surface area contributed by atoms with Crippen molar-refractivity contribution in [1.82, 2.24) is 5.32 Å². The van der Waals surface area contributed by atoms with Gasteiger partial charge in [-0.15, -0.1) is 0 Å². The zero-order valence-electron chi connectivity index (χ0n) is 13.4. The fourth-order valence-electron chi connectivity index (χ4n) is 1.85. The highest BCUT2D eigenvalue weighted by Gasteiger charge is 2.27. The third-order valence-corrected chi connectivity index (χ3v) is 3.37. The molecule has 0 unspecified atom stereocenters. The van der Waals surface area contributed by atoms with Crippen molar-refractivity contribution in [3.05, 3.63) is 35.4 Å². The van der Waals surface area contributed by atoms with Gasteiger partial charge < -0.3 is 10.4 Å². The van der Waals surface area contributed by atoms with Crippen molar-refractivity contribution in [1.29, 1.82) is 0 Å². The quantitative estimate of drug-likeness (QED) is 0.876. The number of carbonyl (C=O) groups excluding carboxylic acids is 1. The summed E-state index contributed by atoms with van der Waals surface area (Å²) < 4.78 is 0. The van der Waals surface area contributed by atoms with Crippen LogP contribution in [0.4, 0.5) is 0 Å². The lowest BCUT2D eigenvalue weighted by Crippen LogP contribution is -2.46. The van der Waals surface area contributed by atoms with Gasteiger partial charge in [0.2, 0.25) is 5.91 Å². The first-order chi connectivity index (χ1) is 9.61. The van der Waals surface area contributed by atoms with Crippen molar-refractivity contribution in [2.75, 3.05) is 0 Å². The number of carboxylic acid groups (broad SMARTS) is 1. The number of hydrogen-bond donors (Lipinski definition) is 2. The number of nitrogens with one attached hydrogen (secondary N) is 1. The van der Waals surface area contributed by atoms with E-state index in [4.69, 9.17) is 0 Å². The predicted octanol–water partition coefficient (Wildman–Crippen LogP) is 2.97. The Kier molecular flexibility index (Phi) is 5.53. The van der Waals surface area contributed by atoms with Crippen LogP contribution in [0.2, 0.25) is 0 Å². The summed E-state index contributed by atoms with van der Waals surface area (Å²) in [4.78, 5) is 23.3. The lowest BCUT2D eigenvalue weighted by molar-refractivity contribution is -0.143. The molecule has 0 aliphatic rings. The highest BCUT2D eigenvalue weighted by molar-refractivity contribution is 5.86. The fraction of sp³-hybridized carbons (Fsp3) is 0.529. The third-order valence-electron chi connectivity index (χ3n) is 3.37. The van der Waals surface area contributed by atoms with Crippen LogP contribution in [0, 0.1) is 5.41 Å². The number of carbonyl (C=O) groups is 2. The molecule has 0 aliphatic heterocycles. The monoisotopic (exact) mass is 291 g/mol. The maximum absolute atomic E-state index is 11.9. The summed E-state index contributed by atoms with van der Waals surface area (Å²) in [5.41, 5.74) is 1.51. The van der Waals surface area contributed by atoms with E-state index in [-0.39, 0.29) is 12.3 Å². The Bertz CT molecular complexity index is 498. The van der Waals surface area contributed by atoms with E-state index in [2.05, 4.69) is 19.2 Å². The largest absolute Gasteiger partial charge is 0.480 e. The standard InChI is InChI=1S/C17H25NO3/c1-11(2)13-8-6-12(7-9-13)10-14(15(19)20)18-16(21)17(3,4)5/h6-9,11,14H,10H2,1-5H3,(H,18,21)(H,19,20)/t14-/m1/s1. The lowest BCUT2D eigenvalue weighted by Gasteiger charge is -2.22. The van der Waals surface area contributed by atoms with E-state index in [0.29, 0.717) is 5.92 Å². The molecule has 1 atom stereocenters. The van der Waals surface area contributed by atoms with Crippen molar-refractivity contribution in [3.8, 4) is 0 Å². The van der Waals surface area contributed by atoms with Gasteiger partial charge in [-0.2, -0.15) is 0 Å². The van der Waals surface area contributed by atoms with E-state index in [9.17, 15) is 14.7 Å². The molecular formula is C17H25NO3. The van der Waals surface area contributed by atoms with Crippen LogP contribution in [0.25, 0.3) is 0 Å². The molecule has 0 heterocycles. The third kappa shape index (κ3) is 5.21. The summed E-state index contributed by atoms with van der Waals surface area (Å²) in [6, 6.07) is 6.96. The van der Waals surface area contributed by atoms with Crippen molar-refractivity contribution in [3.63, 3.8) is 0 Å². The normalized spacial score (nSPS) is 13.0. The predicted molar refractivity (Wildman–Crippen MR) is 83.3 cm³/mol. The van der Waals surface area contributed by atoms with Crippen LogP contribution >= 0.6 is 0 Å². The molecule has 0 aliphatic carbocycles. The smallest absolute Gasteiger partial charge is 0.326 e. The molecule has 4 heteroatoms. The van der Waals surface area contributed by atoms with Gasteiger partial charge in [-0.3, -0.25) is 4.79 Å². The average Bonchev–Trinajstić information content (AvgIpc) is 2.37. The number of amides is 1. The Morgan fingerprint density at radius 3 is 2.05 bits per heavy atom. The molecule has 2 N–H and O–H groups in total. The van der Waals surface area contributed by atoms with Crippen molar-refractivity contribution in [2.24, 2.45) is 5.41 Å². The lowest BCUT2D eigenvalue weighted by atomic mass is 9.94. The summed E-state index contributed by atoms with van der Waals surface area (Å²) in [6.45, 7) is 9.51. The molecular weight excluding hydrogens is 266 g/mol. The van der Waals surface area contributed by atoms with Crippen LogP contribution in [-0.2, 0) is 16.0 Å². The number of carboxylic acids is 1. The number of aliphatic carboxylic acids is 1. The average molecular weight is 291 g/mol. The Labute approximate surface area is 126 Å². The van der Waals surface area contributed by atoms with Crippen LogP contribution in [0.3, 0.4) is 0 Å². The molecule has 1 aromatic carbocycles. The van der Waals surface area contributed by atoms with Crippen molar-refractivity contribution >= 4 is 11.9 Å². The van der Waals surface area contributed by atoms with Crippen LogP contribution < -0.4 is 5.32 Å². The Balaban J connectivity index is 2.79. The molecule has 0 fully saturated rings. The molecule has 21 heavy (non-hydrogen) atoms. The Morgan fingerprint density at radius 2 is 1.67 bits per heavy atom. The van der Waals surface area contributed by atoms with Gasteiger partial charge in [0.1, 0.15) is 6.04 Å². The molecule has 0 aromatic heterocycles. The van der Waals surface area contributed by atoms with Gasteiger partial charge in [-0.05, 0) is 17.0 Å². The minimum absolute atomic E-state index is 0.256. The molecule has 1 rings (SSSR count). The van der Waals surface area contributed by atoms with Crippen LogP contribution in [0.15, 0.2) is 24.3 Å². The molecule has 1 aromatic rings. The molecule has 0 spiro atoms. The second-order valence-electron chi connectivity index (χ2n) is 6.71. The van der Waals surface area contributed by atoms with Crippen LogP contribution in [0.1, 0.15) is 51.7 Å². The number of rotatable bonds is 5. The first kappa shape index (κ1) is 17.2. The summed E-state index contributed by atoms with van der Waals surface area (Å²) in [6.07, 6.45) is 0.287. The molecule has 1 amide bonds. The van der Waals surface area contributed by atoms with Gasteiger partial charge in [-0.25, -0.2) is 4.79 Å². The maximum atomic E-state index is 11.9. The van der Waals surface area contributed by atoms with E-state index in [1.54, 1.807) is 20.8 Å². The minimum atomic E-state index is -1.01. The number of hydrogen-bond acceptors (Lipinski definition) is 2. The van der Waals surface area contributed by atoms with E-state index in [1.165, 1.54) is 5.56 Å². The summed E-state index contributed by atoms with van der Waals surface area (Å²) in [7, 11) is 0. The van der Waals surface area contributed by atoms with Crippen molar-refractivity contribution in [2.45, 2.75) is 53.0 Å². The summed E-state index contributed by atoms with van der Waals surface area (Å²) >= 11 is 0. The SMILES string of the molecule is CC(C)c1ccc(C[C@@H](NC(=O)C(C)(C)C)C(=O)O)cc1. The first-order valence-corrected chi connectivity index (χ1v) is 7.24. The molecule has 116 valence electrons.